The van der Waals surface area contributed by atoms with E-state index in [1.165, 1.54) is 0 Å². The van der Waals surface area contributed by atoms with Crippen molar-refractivity contribution >= 4 is 12.4 Å². The van der Waals surface area contributed by atoms with E-state index in [9.17, 15) is 9.59 Å². The van der Waals surface area contributed by atoms with E-state index in [0.717, 1.165) is 12.0 Å². The summed E-state index contributed by atoms with van der Waals surface area (Å²) in [5.41, 5.74) is 5.65. The highest BCUT2D eigenvalue weighted by atomic mass is 16.7. The molecule has 0 aromatic heterocycles. The number of hydrazine groups is 1. The Labute approximate surface area is 105 Å². The van der Waals surface area contributed by atoms with E-state index in [2.05, 4.69) is 15.7 Å². The molecule has 4 N–H and O–H groups in total. The molecule has 1 aromatic rings. The average Bonchev–Trinajstić information content (AvgIpc) is 2.43. The molecule has 0 saturated carbocycles. The number of carbonyl (C=O) groups excluding carboxylic acids is 2. The lowest BCUT2D eigenvalue weighted by Crippen LogP contribution is -2.40. The van der Waals surface area contributed by atoms with E-state index in [-0.39, 0.29) is 24.8 Å². The van der Waals surface area contributed by atoms with Crippen LogP contribution in [0.2, 0.25) is 0 Å². The van der Waals surface area contributed by atoms with Crippen LogP contribution >= 0.6 is 0 Å². The highest BCUT2D eigenvalue weighted by molar-refractivity contribution is 5.78. The third-order valence-electron chi connectivity index (χ3n) is 2.60. The van der Waals surface area contributed by atoms with Crippen molar-refractivity contribution in [2.75, 3.05) is 6.54 Å². The molecule has 6 heteroatoms. The fourth-order valence-electron chi connectivity index (χ4n) is 1.61. The van der Waals surface area contributed by atoms with Crippen molar-refractivity contribution < 1.29 is 14.4 Å². The highest BCUT2D eigenvalue weighted by Crippen LogP contribution is 2.09. The van der Waals surface area contributed by atoms with E-state index in [1.54, 1.807) is 0 Å². The summed E-state index contributed by atoms with van der Waals surface area (Å²) in [6.45, 7) is 0.503. The van der Waals surface area contributed by atoms with Crippen LogP contribution in [-0.4, -0.2) is 18.9 Å². The number of nitrogens with one attached hydrogen (secondary N) is 2. The van der Waals surface area contributed by atoms with Gasteiger partial charge in [0.2, 0.25) is 5.91 Å². The predicted molar refractivity (Wildman–Crippen MR) is 65.7 cm³/mol. The summed E-state index contributed by atoms with van der Waals surface area (Å²) >= 11 is 0. The molecule has 0 heterocycles. The quantitative estimate of drug-likeness (QED) is 0.197. The molecule has 0 fully saturated rings. The Morgan fingerprint density at radius 3 is 2.72 bits per heavy atom. The first-order valence-corrected chi connectivity index (χ1v) is 5.64. The van der Waals surface area contributed by atoms with E-state index in [1.807, 2.05) is 30.3 Å². The molecule has 0 aliphatic rings. The molecule has 98 valence electrons. The van der Waals surface area contributed by atoms with Gasteiger partial charge in [-0.25, -0.2) is 5.84 Å². The van der Waals surface area contributed by atoms with Crippen LogP contribution in [0.4, 0.5) is 0 Å². The molecule has 0 aliphatic heterocycles. The first-order chi connectivity index (χ1) is 8.77. The van der Waals surface area contributed by atoms with E-state index in [4.69, 9.17) is 5.84 Å². The first-order valence-electron chi connectivity index (χ1n) is 5.64. The van der Waals surface area contributed by atoms with Crippen molar-refractivity contribution in [1.82, 2.24) is 10.9 Å². The van der Waals surface area contributed by atoms with Crippen LogP contribution in [-0.2, 0) is 20.8 Å². The minimum Gasteiger partial charge on any atom is -0.374 e. The van der Waals surface area contributed by atoms with Gasteiger partial charge in [-0.05, 0) is 18.4 Å². The molecule has 1 aromatic carbocycles. The number of hydroxylamine groups is 1. The summed E-state index contributed by atoms with van der Waals surface area (Å²) in [5.74, 6) is 4.47. The van der Waals surface area contributed by atoms with Crippen LogP contribution < -0.4 is 16.7 Å². The summed E-state index contributed by atoms with van der Waals surface area (Å²) in [4.78, 5) is 25.9. The second-order valence-corrected chi connectivity index (χ2v) is 3.79. The number of hydrogen-bond donors (Lipinski definition) is 3. The molecule has 0 aliphatic carbocycles. The highest BCUT2D eigenvalue weighted by Gasteiger charge is 2.17. The van der Waals surface area contributed by atoms with Crippen LogP contribution in [0.3, 0.4) is 0 Å². The second-order valence-electron chi connectivity index (χ2n) is 3.79. The molecule has 1 unspecified atom stereocenters. The van der Waals surface area contributed by atoms with Gasteiger partial charge in [0.05, 0.1) is 5.92 Å². The smallest absolute Gasteiger partial charge is 0.312 e. The van der Waals surface area contributed by atoms with Crippen LogP contribution in [0.5, 0.6) is 0 Å². The Kier molecular flexibility index (Phi) is 6.45. The molecule has 6 nitrogen and oxygen atoms in total. The summed E-state index contributed by atoms with van der Waals surface area (Å²) < 4.78 is 0. The summed E-state index contributed by atoms with van der Waals surface area (Å²) in [6, 6.07) is 9.81. The largest absolute Gasteiger partial charge is 0.374 e. The maximum atomic E-state index is 11.5. The normalized spacial score (nSPS) is 11.6. The second kappa shape index (κ2) is 8.21. The van der Waals surface area contributed by atoms with Gasteiger partial charge >= 0.3 is 6.47 Å². The molecule has 0 bridgehead atoms. The van der Waals surface area contributed by atoms with Gasteiger partial charge in [0.15, 0.2) is 0 Å². The van der Waals surface area contributed by atoms with Gasteiger partial charge in [-0.2, -0.15) is 5.48 Å². The van der Waals surface area contributed by atoms with Crippen LogP contribution in [0.1, 0.15) is 12.0 Å². The van der Waals surface area contributed by atoms with E-state index in [0.29, 0.717) is 6.42 Å². The number of benzene rings is 1. The minimum absolute atomic E-state index is 0.231. The maximum absolute atomic E-state index is 11.5. The molecule has 0 radical (unpaired) electrons. The molecule has 1 atom stereocenters. The predicted octanol–water partition coefficient (Wildman–Crippen LogP) is -0.0971. The van der Waals surface area contributed by atoms with Gasteiger partial charge in [-0.1, -0.05) is 30.3 Å². The molecule has 1 amide bonds. The van der Waals surface area contributed by atoms with Crippen molar-refractivity contribution in [3.05, 3.63) is 35.9 Å². The van der Waals surface area contributed by atoms with E-state index >= 15 is 0 Å². The molecule has 18 heavy (non-hydrogen) atoms. The monoisotopic (exact) mass is 251 g/mol. The Morgan fingerprint density at radius 1 is 1.39 bits per heavy atom. The SMILES string of the molecule is NNC(=O)C(CCc1ccccc1)CNOC=O. The molecule has 0 saturated heterocycles. The fourth-order valence-corrected chi connectivity index (χ4v) is 1.61. The summed E-state index contributed by atoms with van der Waals surface area (Å²) in [5, 5.41) is 0. The Morgan fingerprint density at radius 2 is 2.11 bits per heavy atom. The lowest BCUT2D eigenvalue weighted by Gasteiger charge is -2.14. The Bertz CT molecular complexity index is 370. The van der Waals surface area contributed by atoms with Crippen LogP contribution in [0, 0.1) is 5.92 Å². The number of aryl methyl sites for hydroxylation is 1. The van der Waals surface area contributed by atoms with Crippen molar-refractivity contribution in [2.24, 2.45) is 11.8 Å². The van der Waals surface area contributed by atoms with Gasteiger partial charge in [-0.15, -0.1) is 0 Å². The van der Waals surface area contributed by atoms with Crippen molar-refractivity contribution in [3.8, 4) is 0 Å². The summed E-state index contributed by atoms with van der Waals surface area (Å²) in [7, 11) is 0. The Balaban J connectivity index is 2.45. The zero-order valence-electron chi connectivity index (χ0n) is 9.96. The lowest BCUT2D eigenvalue weighted by molar-refractivity contribution is -0.137. The Hall–Kier alpha value is -1.92. The van der Waals surface area contributed by atoms with Crippen molar-refractivity contribution in [2.45, 2.75) is 12.8 Å². The first kappa shape index (κ1) is 14.1. The van der Waals surface area contributed by atoms with Gasteiger partial charge in [0.25, 0.3) is 0 Å². The number of rotatable bonds is 8. The van der Waals surface area contributed by atoms with Crippen molar-refractivity contribution in [3.63, 3.8) is 0 Å². The molecule has 1 rings (SSSR count). The van der Waals surface area contributed by atoms with E-state index < -0.39 is 0 Å². The van der Waals surface area contributed by atoms with Gasteiger partial charge < -0.3 is 4.84 Å². The number of hydrogen-bond acceptors (Lipinski definition) is 5. The summed E-state index contributed by atoms with van der Waals surface area (Å²) in [6.07, 6.45) is 1.37. The standard InChI is InChI=1S/C12H17N3O3/c13-15-12(17)11(8-14-18-9-16)7-6-10-4-2-1-3-5-10/h1-5,9,11,14H,6-8,13H2,(H,15,17). The maximum Gasteiger partial charge on any atom is 0.312 e. The average molecular weight is 251 g/mol. The fraction of sp³-hybridized carbons (Fsp3) is 0.333. The molecule has 0 spiro atoms. The number of carbonyl (C=O) groups is 2. The minimum atomic E-state index is -0.352. The lowest BCUT2D eigenvalue weighted by atomic mass is 9.99. The zero-order valence-corrected chi connectivity index (χ0v) is 9.96. The third kappa shape index (κ3) is 4.94. The third-order valence-corrected chi connectivity index (χ3v) is 2.60. The molecular weight excluding hydrogens is 234 g/mol. The number of amides is 1. The topological polar surface area (TPSA) is 93.4 Å². The van der Waals surface area contributed by atoms with Crippen LogP contribution in [0.25, 0.3) is 0 Å². The molecular formula is C12H17N3O3. The number of nitrogens with two attached hydrogens (primary N) is 1. The van der Waals surface area contributed by atoms with Gasteiger partial charge in [0.1, 0.15) is 0 Å². The van der Waals surface area contributed by atoms with Crippen LogP contribution in [0.15, 0.2) is 30.3 Å². The van der Waals surface area contributed by atoms with Crippen molar-refractivity contribution in [1.29, 1.82) is 0 Å². The van der Waals surface area contributed by atoms with Gasteiger partial charge in [-0.3, -0.25) is 15.0 Å². The zero-order chi connectivity index (χ0) is 13.2. The van der Waals surface area contributed by atoms with Gasteiger partial charge in [0, 0.05) is 6.54 Å².